The normalized spacial score (nSPS) is 17.0. The van der Waals surface area contributed by atoms with E-state index in [4.69, 9.17) is 4.74 Å². The molecule has 1 aliphatic heterocycles. The van der Waals surface area contributed by atoms with Crippen molar-refractivity contribution >= 4 is 11.8 Å². The third-order valence-corrected chi connectivity index (χ3v) is 3.94. The SMILES string of the molecule is COC(=O)c1c(C)nn2c1NCCC2c1ccc(C)cc1. The topological polar surface area (TPSA) is 56.1 Å². The number of hydrogen-bond donors (Lipinski definition) is 1. The lowest BCUT2D eigenvalue weighted by Crippen LogP contribution is -2.25. The first kappa shape index (κ1) is 13.7. The van der Waals surface area contributed by atoms with Gasteiger partial charge in [0.1, 0.15) is 11.4 Å². The molecule has 0 radical (unpaired) electrons. The quantitative estimate of drug-likeness (QED) is 0.862. The molecule has 21 heavy (non-hydrogen) atoms. The van der Waals surface area contributed by atoms with Crippen LogP contribution in [0.4, 0.5) is 5.82 Å². The standard InChI is InChI=1S/C16H19N3O2/c1-10-4-6-12(7-5-10)13-8-9-17-15-14(16(20)21-3)11(2)18-19(13)15/h4-7,13,17H,8-9H2,1-3H3. The Kier molecular flexibility index (Phi) is 3.41. The van der Waals surface area contributed by atoms with Crippen molar-refractivity contribution in [1.29, 1.82) is 0 Å². The largest absolute Gasteiger partial charge is 0.465 e. The number of methoxy groups -OCH3 is 1. The highest BCUT2D eigenvalue weighted by Gasteiger charge is 2.29. The first-order valence-electron chi connectivity index (χ1n) is 7.09. The second kappa shape index (κ2) is 5.24. The molecule has 0 saturated carbocycles. The van der Waals surface area contributed by atoms with Crippen LogP contribution < -0.4 is 5.32 Å². The number of ether oxygens (including phenoxy) is 1. The molecule has 5 heteroatoms. The summed E-state index contributed by atoms with van der Waals surface area (Å²) in [6, 6.07) is 8.62. The van der Waals surface area contributed by atoms with Gasteiger partial charge in [0, 0.05) is 6.54 Å². The Hall–Kier alpha value is -2.30. The van der Waals surface area contributed by atoms with Gasteiger partial charge in [-0.25, -0.2) is 9.48 Å². The number of anilines is 1. The molecule has 0 amide bonds. The molecule has 0 fully saturated rings. The molecule has 1 N–H and O–H groups in total. The van der Waals surface area contributed by atoms with E-state index in [0.29, 0.717) is 11.3 Å². The van der Waals surface area contributed by atoms with Crippen LogP contribution >= 0.6 is 0 Å². The molecule has 5 nitrogen and oxygen atoms in total. The highest BCUT2D eigenvalue weighted by Crippen LogP contribution is 2.33. The van der Waals surface area contributed by atoms with Crippen molar-refractivity contribution in [1.82, 2.24) is 9.78 Å². The molecular formula is C16H19N3O2. The average Bonchev–Trinajstić information content (AvgIpc) is 2.83. The monoisotopic (exact) mass is 285 g/mol. The first-order chi connectivity index (χ1) is 10.1. The van der Waals surface area contributed by atoms with E-state index in [2.05, 4.69) is 41.6 Å². The van der Waals surface area contributed by atoms with Crippen molar-refractivity contribution < 1.29 is 9.53 Å². The van der Waals surface area contributed by atoms with Gasteiger partial charge in [0.15, 0.2) is 0 Å². The van der Waals surface area contributed by atoms with Crippen LogP contribution in [0.1, 0.15) is 39.6 Å². The Morgan fingerprint density at radius 3 is 2.71 bits per heavy atom. The van der Waals surface area contributed by atoms with Crippen molar-refractivity contribution in [2.75, 3.05) is 19.0 Å². The van der Waals surface area contributed by atoms with Gasteiger partial charge in [0.05, 0.1) is 18.8 Å². The predicted octanol–water partition coefficient (Wildman–Crippen LogP) is 2.69. The minimum atomic E-state index is -0.342. The summed E-state index contributed by atoms with van der Waals surface area (Å²) >= 11 is 0. The third-order valence-electron chi connectivity index (χ3n) is 3.94. The highest BCUT2D eigenvalue weighted by atomic mass is 16.5. The second-order valence-electron chi connectivity index (χ2n) is 5.39. The molecule has 3 rings (SSSR count). The van der Waals surface area contributed by atoms with Gasteiger partial charge in [-0.1, -0.05) is 29.8 Å². The number of fused-ring (bicyclic) bond motifs is 1. The van der Waals surface area contributed by atoms with Gasteiger partial charge >= 0.3 is 5.97 Å². The molecule has 1 aromatic carbocycles. The zero-order valence-corrected chi connectivity index (χ0v) is 12.5. The Bertz CT molecular complexity index is 674. The number of hydrogen-bond acceptors (Lipinski definition) is 4. The molecule has 1 aromatic heterocycles. The van der Waals surface area contributed by atoms with E-state index in [1.807, 2.05) is 11.6 Å². The Morgan fingerprint density at radius 1 is 1.33 bits per heavy atom. The summed E-state index contributed by atoms with van der Waals surface area (Å²) in [5.41, 5.74) is 3.68. The fourth-order valence-electron chi connectivity index (χ4n) is 2.83. The summed E-state index contributed by atoms with van der Waals surface area (Å²) < 4.78 is 6.78. The van der Waals surface area contributed by atoms with Crippen LogP contribution in [0.25, 0.3) is 0 Å². The van der Waals surface area contributed by atoms with Crippen LogP contribution in [0.3, 0.4) is 0 Å². The lowest BCUT2D eigenvalue weighted by atomic mass is 10.0. The molecule has 1 atom stereocenters. The molecular weight excluding hydrogens is 266 g/mol. The van der Waals surface area contributed by atoms with Crippen LogP contribution in [-0.2, 0) is 4.74 Å². The molecule has 0 spiro atoms. The molecule has 0 saturated heterocycles. The van der Waals surface area contributed by atoms with E-state index in [1.165, 1.54) is 18.2 Å². The molecule has 1 aliphatic rings. The lowest BCUT2D eigenvalue weighted by Gasteiger charge is -2.26. The van der Waals surface area contributed by atoms with E-state index in [-0.39, 0.29) is 12.0 Å². The van der Waals surface area contributed by atoms with Crippen LogP contribution in [0.5, 0.6) is 0 Å². The van der Waals surface area contributed by atoms with E-state index >= 15 is 0 Å². The van der Waals surface area contributed by atoms with E-state index in [1.54, 1.807) is 0 Å². The molecule has 2 heterocycles. The number of aromatic nitrogens is 2. The van der Waals surface area contributed by atoms with E-state index < -0.39 is 0 Å². The lowest BCUT2D eigenvalue weighted by molar-refractivity contribution is 0.0601. The Balaban J connectivity index is 2.06. The summed E-state index contributed by atoms with van der Waals surface area (Å²) in [5.74, 6) is 0.419. The highest BCUT2D eigenvalue weighted by molar-refractivity contribution is 5.96. The number of carbonyl (C=O) groups excluding carboxylic acids is 1. The van der Waals surface area contributed by atoms with Crippen molar-refractivity contribution in [3.05, 3.63) is 46.6 Å². The summed E-state index contributed by atoms with van der Waals surface area (Å²) in [6.45, 7) is 4.73. The third kappa shape index (κ3) is 2.28. The number of aryl methyl sites for hydroxylation is 2. The zero-order chi connectivity index (χ0) is 15.0. The van der Waals surface area contributed by atoms with Gasteiger partial charge < -0.3 is 10.1 Å². The number of esters is 1. The van der Waals surface area contributed by atoms with Crippen molar-refractivity contribution in [3.63, 3.8) is 0 Å². The van der Waals surface area contributed by atoms with Crippen LogP contribution in [0, 0.1) is 13.8 Å². The maximum Gasteiger partial charge on any atom is 0.343 e. The minimum Gasteiger partial charge on any atom is -0.465 e. The number of carbonyl (C=O) groups is 1. The predicted molar refractivity (Wildman–Crippen MR) is 80.7 cm³/mol. The van der Waals surface area contributed by atoms with Crippen LogP contribution in [0.2, 0.25) is 0 Å². The molecule has 110 valence electrons. The number of nitrogens with zero attached hydrogens (tertiary/aromatic N) is 2. The maximum absolute atomic E-state index is 11.9. The molecule has 0 bridgehead atoms. The van der Waals surface area contributed by atoms with Gasteiger partial charge in [-0.2, -0.15) is 5.10 Å². The Morgan fingerprint density at radius 2 is 2.05 bits per heavy atom. The summed E-state index contributed by atoms with van der Waals surface area (Å²) in [5, 5.41) is 7.83. The fraction of sp³-hybridized carbons (Fsp3) is 0.375. The van der Waals surface area contributed by atoms with Gasteiger partial charge in [-0.3, -0.25) is 0 Å². The second-order valence-corrected chi connectivity index (χ2v) is 5.39. The van der Waals surface area contributed by atoms with Crippen LogP contribution in [-0.4, -0.2) is 29.4 Å². The van der Waals surface area contributed by atoms with Crippen LogP contribution in [0.15, 0.2) is 24.3 Å². The van der Waals surface area contributed by atoms with Gasteiger partial charge in [-0.15, -0.1) is 0 Å². The minimum absolute atomic E-state index is 0.152. The number of rotatable bonds is 2. The van der Waals surface area contributed by atoms with Crippen molar-refractivity contribution in [2.45, 2.75) is 26.3 Å². The fourth-order valence-corrected chi connectivity index (χ4v) is 2.83. The number of benzene rings is 1. The zero-order valence-electron chi connectivity index (χ0n) is 12.5. The van der Waals surface area contributed by atoms with Gasteiger partial charge in [-0.05, 0) is 25.8 Å². The molecule has 1 unspecified atom stereocenters. The van der Waals surface area contributed by atoms with Gasteiger partial charge in [0.2, 0.25) is 0 Å². The first-order valence-corrected chi connectivity index (χ1v) is 7.09. The maximum atomic E-state index is 11.9. The van der Waals surface area contributed by atoms with E-state index in [0.717, 1.165) is 18.8 Å². The molecule has 2 aromatic rings. The summed E-state index contributed by atoms with van der Waals surface area (Å²) in [6.07, 6.45) is 0.942. The Labute approximate surface area is 123 Å². The van der Waals surface area contributed by atoms with Gasteiger partial charge in [0.25, 0.3) is 0 Å². The summed E-state index contributed by atoms with van der Waals surface area (Å²) in [4.78, 5) is 11.9. The smallest absolute Gasteiger partial charge is 0.343 e. The van der Waals surface area contributed by atoms with Crippen molar-refractivity contribution in [2.24, 2.45) is 0 Å². The summed E-state index contributed by atoms with van der Waals surface area (Å²) in [7, 11) is 1.39. The molecule has 0 aliphatic carbocycles. The van der Waals surface area contributed by atoms with E-state index in [9.17, 15) is 4.79 Å². The van der Waals surface area contributed by atoms with Crippen molar-refractivity contribution in [3.8, 4) is 0 Å². The average molecular weight is 285 g/mol. The number of nitrogens with one attached hydrogen (secondary N) is 1.